The van der Waals surface area contributed by atoms with E-state index in [2.05, 4.69) is 42.5 Å². The molecule has 0 spiro atoms. The van der Waals surface area contributed by atoms with Crippen LogP contribution in [0.1, 0.15) is 55.4 Å². The molecule has 1 aromatic carbocycles. The number of aryl methyl sites for hydroxylation is 1. The predicted octanol–water partition coefficient (Wildman–Crippen LogP) is 3.40. The van der Waals surface area contributed by atoms with Gasteiger partial charge in [0.2, 0.25) is 5.89 Å². The van der Waals surface area contributed by atoms with Crippen molar-refractivity contribution in [3.8, 4) is 5.75 Å². The summed E-state index contributed by atoms with van der Waals surface area (Å²) in [7, 11) is 3.67. The Morgan fingerprint density at radius 3 is 2.75 bits per heavy atom. The molecule has 1 aromatic heterocycles. The first-order valence-electron chi connectivity index (χ1n) is 8.74. The van der Waals surface area contributed by atoms with Gasteiger partial charge in [0, 0.05) is 12.5 Å². The Morgan fingerprint density at radius 1 is 1.33 bits per heavy atom. The number of nitrogens with one attached hydrogen (secondary N) is 1. The predicted molar refractivity (Wildman–Crippen MR) is 93.5 cm³/mol. The van der Waals surface area contributed by atoms with Gasteiger partial charge in [0.25, 0.3) is 0 Å². The Kier molecular flexibility index (Phi) is 4.90. The van der Waals surface area contributed by atoms with Crippen molar-refractivity contribution in [2.45, 2.75) is 57.4 Å². The van der Waals surface area contributed by atoms with Gasteiger partial charge in [0.1, 0.15) is 5.75 Å². The standard InChI is InChI=1S/C19H27N3O2/c1-13-7-8-15(12-16(13)23-4)19(9-5-6-10-19)18-21-17(22-24-18)11-14(2)20-3/h7-8,12,14,20H,5-6,9-11H2,1-4H3. The summed E-state index contributed by atoms with van der Waals surface area (Å²) in [5.74, 6) is 2.45. The highest BCUT2D eigenvalue weighted by Crippen LogP contribution is 2.46. The molecule has 2 aromatic rings. The molecule has 0 amide bonds. The molecule has 1 N–H and O–H groups in total. The summed E-state index contributed by atoms with van der Waals surface area (Å²) >= 11 is 0. The van der Waals surface area contributed by atoms with Crippen molar-refractivity contribution in [2.24, 2.45) is 0 Å². The van der Waals surface area contributed by atoms with Gasteiger partial charge >= 0.3 is 0 Å². The number of aromatic nitrogens is 2. The lowest BCUT2D eigenvalue weighted by Gasteiger charge is -2.26. The molecule has 3 rings (SSSR count). The average Bonchev–Trinajstić information content (AvgIpc) is 3.25. The molecule has 0 bridgehead atoms. The van der Waals surface area contributed by atoms with Gasteiger partial charge in [-0.05, 0) is 50.9 Å². The van der Waals surface area contributed by atoms with E-state index in [1.165, 1.54) is 18.4 Å². The van der Waals surface area contributed by atoms with Gasteiger partial charge in [-0.1, -0.05) is 30.1 Å². The van der Waals surface area contributed by atoms with E-state index < -0.39 is 0 Å². The molecule has 24 heavy (non-hydrogen) atoms. The molecular formula is C19H27N3O2. The smallest absolute Gasteiger partial charge is 0.237 e. The van der Waals surface area contributed by atoms with Crippen LogP contribution in [-0.2, 0) is 11.8 Å². The minimum absolute atomic E-state index is 0.172. The van der Waals surface area contributed by atoms with Crippen molar-refractivity contribution in [1.82, 2.24) is 15.5 Å². The molecule has 1 saturated carbocycles. The lowest BCUT2D eigenvalue weighted by atomic mass is 9.78. The van der Waals surface area contributed by atoms with Crippen molar-refractivity contribution in [1.29, 1.82) is 0 Å². The van der Waals surface area contributed by atoms with Crippen LogP contribution in [0.4, 0.5) is 0 Å². The molecule has 0 saturated heterocycles. The molecule has 1 aliphatic rings. The molecule has 1 heterocycles. The fourth-order valence-corrected chi connectivity index (χ4v) is 3.63. The average molecular weight is 329 g/mol. The van der Waals surface area contributed by atoms with Gasteiger partial charge in [-0.15, -0.1) is 0 Å². The third kappa shape index (κ3) is 3.05. The van der Waals surface area contributed by atoms with Gasteiger partial charge < -0.3 is 14.6 Å². The molecule has 1 aliphatic carbocycles. The van der Waals surface area contributed by atoms with Crippen LogP contribution < -0.4 is 10.1 Å². The Hall–Kier alpha value is -1.88. The Bertz CT molecular complexity index is 690. The maximum Gasteiger partial charge on any atom is 0.237 e. The van der Waals surface area contributed by atoms with E-state index in [1.807, 2.05) is 7.05 Å². The summed E-state index contributed by atoms with van der Waals surface area (Å²) in [5, 5.41) is 7.44. The lowest BCUT2D eigenvalue weighted by molar-refractivity contribution is 0.307. The first kappa shape index (κ1) is 17.0. The second-order valence-corrected chi connectivity index (χ2v) is 6.88. The Morgan fingerprint density at radius 2 is 2.08 bits per heavy atom. The zero-order chi connectivity index (χ0) is 17.2. The SMILES string of the molecule is CNC(C)Cc1noc(C2(c3ccc(C)c(OC)c3)CCCC2)n1. The molecule has 1 fully saturated rings. The highest BCUT2D eigenvalue weighted by molar-refractivity contribution is 5.43. The Balaban J connectivity index is 1.97. The van der Waals surface area contributed by atoms with Gasteiger partial charge in [-0.3, -0.25) is 0 Å². The van der Waals surface area contributed by atoms with Crippen LogP contribution in [0, 0.1) is 6.92 Å². The zero-order valence-electron chi connectivity index (χ0n) is 15.1. The highest BCUT2D eigenvalue weighted by atomic mass is 16.5. The first-order chi connectivity index (χ1) is 11.6. The molecule has 130 valence electrons. The molecule has 5 nitrogen and oxygen atoms in total. The molecular weight excluding hydrogens is 302 g/mol. The normalized spacial score (nSPS) is 17.8. The fourth-order valence-electron chi connectivity index (χ4n) is 3.63. The number of hydrogen-bond donors (Lipinski definition) is 1. The highest BCUT2D eigenvalue weighted by Gasteiger charge is 2.42. The summed E-state index contributed by atoms with van der Waals surface area (Å²) < 4.78 is 11.2. The summed E-state index contributed by atoms with van der Waals surface area (Å²) in [6.07, 6.45) is 5.22. The number of nitrogens with zero attached hydrogens (tertiary/aromatic N) is 2. The largest absolute Gasteiger partial charge is 0.496 e. The maximum absolute atomic E-state index is 5.73. The van der Waals surface area contributed by atoms with Crippen LogP contribution in [0.2, 0.25) is 0 Å². The van der Waals surface area contributed by atoms with Crippen LogP contribution in [0.5, 0.6) is 5.75 Å². The fraction of sp³-hybridized carbons (Fsp3) is 0.579. The lowest BCUT2D eigenvalue weighted by Crippen LogP contribution is -2.26. The van der Waals surface area contributed by atoms with Crippen molar-refractivity contribution in [3.05, 3.63) is 41.0 Å². The quantitative estimate of drug-likeness (QED) is 0.880. The van der Waals surface area contributed by atoms with E-state index in [1.54, 1.807) is 7.11 Å². The van der Waals surface area contributed by atoms with Crippen LogP contribution >= 0.6 is 0 Å². The van der Waals surface area contributed by atoms with Gasteiger partial charge in [-0.2, -0.15) is 4.98 Å². The third-order valence-corrected chi connectivity index (χ3v) is 5.28. The zero-order valence-corrected chi connectivity index (χ0v) is 15.1. The monoisotopic (exact) mass is 329 g/mol. The molecule has 0 radical (unpaired) electrons. The minimum Gasteiger partial charge on any atom is -0.496 e. The van der Waals surface area contributed by atoms with Crippen LogP contribution in [0.25, 0.3) is 0 Å². The first-order valence-corrected chi connectivity index (χ1v) is 8.74. The number of ether oxygens (including phenoxy) is 1. The number of benzene rings is 1. The van der Waals surface area contributed by atoms with E-state index in [4.69, 9.17) is 14.2 Å². The summed E-state index contributed by atoms with van der Waals surface area (Å²) in [5.41, 5.74) is 2.19. The summed E-state index contributed by atoms with van der Waals surface area (Å²) in [6, 6.07) is 6.77. The van der Waals surface area contributed by atoms with Crippen LogP contribution in [0.15, 0.2) is 22.7 Å². The van der Waals surface area contributed by atoms with Gasteiger partial charge in [-0.25, -0.2) is 0 Å². The second-order valence-electron chi connectivity index (χ2n) is 6.88. The van der Waals surface area contributed by atoms with Crippen molar-refractivity contribution >= 4 is 0 Å². The number of hydrogen-bond acceptors (Lipinski definition) is 5. The molecule has 5 heteroatoms. The summed E-state index contributed by atoms with van der Waals surface area (Å²) in [6.45, 7) is 4.18. The van der Waals surface area contributed by atoms with Crippen molar-refractivity contribution in [2.75, 3.05) is 14.2 Å². The van der Waals surface area contributed by atoms with E-state index in [0.29, 0.717) is 6.04 Å². The maximum atomic E-state index is 5.73. The Labute approximate surface area is 143 Å². The minimum atomic E-state index is -0.172. The number of rotatable bonds is 6. The molecule has 1 atom stereocenters. The number of likely N-dealkylation sites (N-methyl/N-ethyl adjacent to an activating group) is 1. The van der Waals surface area contributed by atoms with E-state index >= 15 is 0 Å². The van der Waals surface area contributed by atoms with Crippen LogP contribution in [-0.4, -0.2) is 30.3 Å². The van der Waals surface area contributed by atoms with Gasteiger partial charge in [0.05, 0.1) is 12.5 Å². The van der Waals surface area contributed by atoms with Gasteiger partial charge in [0.15, 0.2) is 5.82 Å². The molecule has 0 aliphatic heterocycles. The molecule has 1 unspecified atom stereocenters. The van der Waals surface area contributed by atoms with Crippen molar-refractivity contribution in [3.63, 3.8) is 0 Å². The summed E-state index contributed by atoms with van der Waals surface area (Å²) in [4.78, 5) is 4.75. The van der Waals surface area contributed by atoms with Crippen LogP contribution in [0.3, 0.4) is 0 Å². The second kappa shape index (κ2) is 6.93. The topological polar surface area (TPSA) is 60.2 Å². The number of methoxy groups -OCH3 is 1. The van der Waals surface area contributed by atoms with E-state index in [-0.39, 0.29) is 5.41 Å². The van der Waals surface area contributed by atoms with E-state index in [9.17, 15) is 0 Å². The van der Waals surface area contributed by atoms with E-state index in [0.717, 1.165) is 42.3 Å². The third-order valence-electron chi connectivity index (χ3n) is 5.28. The van der Waals surface area contributed by atoms with Crippen molar-refractivity contribution < 1.29 is 9.26 Å².